The first-order chi connectivity index (χ1) is 9.47. The summed E-state index contributed by atoms with van der Waals surface area (Å²) >= 11 is 5.92. The molecule has 0 aliphatic rings. The first kappa shape index (κ1) is 14.4. The van der Waals surface area contributed by atoms with Crippen molar-refractivity contribution in [2.75, 3.05) is 12.4 Å². The molecule has 6 heteroatoms. The topological polar surface area (TPSA) is 58.4 Å². The number of carbonyl (C=O) groups excluding carboxylic acids is 1. The van der Waals surface area contributed by atoms with E-state index in [1.807, 2.05) is 18.2 Å². The number of aryl methyl sites for hydroxylation is 2. The van der Waals surface area contributed by atoms with Crippen LogP contribution in [-0.4, -0.2) is 23.1 Å². The second-order valence-corrected chi connectivity index (χ2v) is 5.05. The number of hydrogen-bond acceptors (Lipinski definition) is 3. The fourth-order valence-corrected chi connectivity index (χ4v) is 2.06. The molecule has 0 aliphatic carbocycles. The van der Waals surface area contributed by atoms with Gasteiger partial charge in [0.15, 0.2) is 5.76 Å². The standard InChI is InChI=1S/C14H16ClN3O2/c1-9-13(10(2)20-17-9)16-14(19)18(3)8-11-5-4-6-12(15)7-11/h4-7H,8H2,1-3H3,(H,16,19). The molecule has 2 rings (SSSR count). The molecule has 1 aromatic carbocycles. The molecule has 0 fully saturated rings. The maximum atomic E-state index is 12.1. The molecule has 0 radical (unpaired) electrons. The van der Waals surface area contributed by atoms with E-state index in [1.54, 1.807) is 31.9 Å². The van der Waals surface area contributed by atoms with Crippen LogP contribution in [-0.2, 0) is 6.54 Å². The number of urea groups is 1. The predicted octanol–water partition coefficient (Wildman–Crippen LogP) is 3.61. The maximum absolute atomic E-state index is 12.1. The van der Waals surface area contributed by atoms with Crippen molar-refractivity contribution in [2.24, 2.45) is 0 Å². The van der Waals surface area contributed by atoms with E-state index in [0.717, 1.165) is 5.56 Å². The number of aromatic nitrogens is 1. The zero-order chi connectivity index (χ0) is 14.7. The molecule has 1 N–H and O–H groups in total. The summed E-state index contributed by atoms with van der Waals surface area (Å²) in [5.74, 6) is 0.590. The van der Waals surface area contributed by atoms with Crippen molar-refractivity contribution in [3.8, 4) is 0 Å². The van der Waals surface area contributed by atoms with Gasteiger partial charge in [-0.1, -0.05) is 28.9 Å². The van der Waals surface area contributed by atoms with Crippen molar-refractivity contribution < 1.29 is 9.32 Å². The van der Waals surface area contributed by atoms with E-state index >= 15 is 0 Å². The Kier molecular flexibility index (Phi) is 4.29. The van der Waals surface area contributed by atoms with Crippen LogP contribution >= 0.6 is 11.6 Å². The van der Waals surface area contributed by atoms with E-state index in [4.69, 9.17) is 16.1 Å². The van der Waals surface area contributed by atoms with Crippen LogP contribution in [0.4, 0.5) is 10.5 Å². The summed E-state index contributed by atoms with van der Waals surface area (Å²) in [5, 5.41) is 7.24. The van der Waals surface area contributed by atoms with Crippen LogP contribution < -0.4 is 5.32 Å². The molecule has 1 aromatic heterocycles. The SMILES string of the molecule is Cc1noc(C)c1NC(=O)N(C)Cc1cccc(Cl)c1. The van der Waals surface area contributed by atoms with Crippen LogP contribution in [0, 0.1) is 13.8 Å². The third kappa shape index (κ3) is 3.30. The Morgan fingerprint density at radius 2 is 2.20 bits per heavy atom. The minimum atomic E-state index is -0.223. The third-order valence-electron chi connectivity index (χ3n) is 2.92. The molecule has 0 saturated carbocycles. The second kappa shape index (κ2) is 5.96. The molecule has 0 spiro atoms. The van der Waals surface area contributed by atoms with Gasteiger partial charge in [0.25, 0.3) is 0 Å². The Balaban J connectivity index is 2.02. The highest BCUT2D eigenvalue weighted by atomic mass is 35.5. The lowest BCUT2D eigenvalue weighted by Gasteiger charge is -2.18. The van der Waals surface area contributed by atoms with Gasteiger partial charge in [0, 0.05) is 18.6 Å². The molecule has 2 aromatic rings. The monoisotopic (exact) mass is 293 g/mol. The van der Waals surface area contributed by atoms with Crippen molar-refractivity contribution in [2.45, 2.75) is 20.4 Å². The molecule has 0 atom stereocenters. The van der Waals surface area contributed by atoms with Crippen LogP contribution in [0.5, 0.6) is 0 Å². The molecule has 0 bridgehead atoms. The number of nitrogens with zero attached hydrogens (tertiary/aromatic N) is 2. The molecule has 0 unspecified atom stereocenters. The van der Waals surface area contributed by atoms with Gasteiger partial charge in [0.05, 0.1) is 0 Å². The smallest absolute Gasteiger partial charge is 0.322 e. The molecular formula is C14H16ClN3O2. The number of anilines is 1. The molecule has 1 heterocycles. The number of hydrogen-bond donors (Lipinski definition) is 1. The van der Waals surface area contributed by atoms with Gasteiger partial charge < -0.3 is 14.7 Å². The lowest BCUT2D eigenvalue weighted by molar-refractivity contribution is 0.220. The number of amides is 2. The summed E-state index contributed by atoms with van der Waals surface area (Å²) in [6, 6.07) is 7.19. The summed E-state index contributed by atoms with van der Waals surface area (Å²) in [5.41, 5.74) is 2.24. The summed E-state index contributed by atoms with van der Waals surface area (Å²) in [6.07, 6.45) is 0. The fraction of sp³-hybridized carbons (Fsp3) is 0.286. The first-order valence-corrected chi connectivity index (χ1v) is 6.54. The van der Waals surface area contributed by atoms with Crippen LogP contribution in [0.1, 0.15) is 17.0 Å². The van der Waals surface area contributed by atoms with E-state index in [1.165, 1.54) is 0 Å². The molecule has 2 amide bonds. The molecule has 20 heavy (non-hydrogen) atoms. The highest BCUT2D eigenvalue weighted by molar-refractivity contribution is 6.30. The lowest BCUT2D eigenvalue weighted by atomic mass is 10.2. The van der Waals surface area contributed by atoms with E-state index in [0.29, 0.717) is 28.7 Å². The fourth-order valence-electron chi connectivity index (χ4n) is 1.84. The Morgan fingerprint density at radius 3 is 2.80 bits per heavy atom. The predicted molar refractivity (Wildman–Crippen MR) is 77.9 cm³/mol. The van der Waals surface area contributed by atoms with E-state index in [-0.39, 0.29) is 6.03 Å². The van der Waals surface area contributed by atoms with Crippen LogP contribution in [0.2, 0.25) is 5.02 Å². The van der Waals surface area contributed by atoms with Gasteiger partial charge in [0.2, 0.25) is 0 Å². The van der Waals surface area contributed by atoms with Gasteiger partial charge in [-0.2, -0.15) is 0 Å². The molecule has 0 saturated heterocycles. The number of rotatable bonds is 3. The van der Waals surface area contributed by atoms with E-state index < -0.39 is 0 Å². The summed E-state index contributed by atoms with van der Waals surface area (Å²) in [4.78, 5) is 13.7. The normalized spacial score (nSPS) is 10.4. The molecule has 106 valence electrons. The van der Waals surface area contributed by atoms with Crippen molar-refractivity contribution in [1.29, 1.82) is 0 Å². The van der Waals surface area contributed by atoms with Crippen molar-refractivity contribution in [1.82, 2.24) is 10.1 Å². The Morgan fingerprint density at radius 1 is 1.45 bits per heavy atom. The van der Waals surface area contributed by atoms with Gasteiger partial charge in [0.1, 0.15) is 11.4 Å². The van der Waals surface area contributed by atoms with Gasteiger partial charge in [-0.05, 0) is 31.5 Å². The third-order valence-corrected chi connectivity index (χ3v) is 3.16. The zero-order valence-electron chi connectivity index (χ0n) is 11.6. The molecule has 5 nitrogen and oxygen atoms in total. The summed E-state index contributed by atoms with van der Waals surface area (Å²) < 4.78 is 5.01. The summed E-state index contributed by atoms with van der Waals surface area (Å²) in [6.45, 7) is 4.01. The Bertz CT molecular complexity index is 605. The van der Waals surface area contributed by atoms with Gasteiger partial charge in [-0.15, -0.1) is 0 Å². The number of carbonyl (C=O) groups is 1. The largest absolute Gasteiger partial charge is 0.359 e. The highest BCUT2D eigenvalue weighted by Crippen LogP contribution is 2.19. The van der Waals surface area contributed by atoms with E-state index in [2.05, 4.69) is 10.5 Å². The van der Waals surface area contributed by atoms with Gasteiger partial charge in [-0.3, -0.25) is 0 Å². The average Bonchev–Trinajstić information content (AvgIpc) is 2.70. The van der Waals surface area contributed by atoms with Gasteiger partial charge in [-0.25, -0.2) is 4.79 Å². The highest BCUT2D eigenvalue weighted by Gasteiger charge is 2.15. The van der Waals surface area contributed by atoms with Crippen molar-refractivity contribution >= 4 is 23.3 Å². The van der Waals surface area contributed by atoms with Crippen molar-refractivity contribution in [3.05, 3.63) is 46.3 Å². The van der Waals surface area contributed by atoms with Crippen LogP contribution in [0.3, 0.4) is 0 Å². The minimum absolute atomic E-state index is 0.223. The number of nitrogens with one attached hydrogen (secondary N) is 1. The summed E-state index contributed by atoms with van der Waals surface area (Å²) in [7, 11) is 1.72. The quantitative estimate of drug-likeness (QED) is 0.940. The average molecular weight is 294 g/mol. The molecular weight excluding hydrogens is 278 g/mol. The number of benzene rings is 1. The number of halogens is 1. The Hall–Kier alpha value is -2.01. The zero-order valence-corrected chi connectivity index (χ0v) is 12.4. The maximum Gasteiger partial charge on any atom is 0.322 e. The Labute approximate surface area is 122 Å². The molecule has 0 aliphatic heterocycles. The minimum Gasteiger partial charge on any atom is -0.359 e. The van der Waals surface area contributed by atoms with Crippen molar-refractivity contribution in [3.63, 3.8) is 0 Å². The van der Waals surface area contributed by atoms with E-state index in [9.17, 15) is 4.79 Å². The first-order valence-electron chi connectivity index (χ1n) is 6.17. The van der Waals surface area contributed by atoms with Crippen LogP contribution in [0.15, 0.2) is 28.8 Å². The lowest BCUT2D eigenvalue weighted by Crippen LogP contribution is -2.31. The second-order valence-electron chi connectivity index (χ2n) is 4.62. The van der Waals surface area contributed by atoms with Gasteiger partial charge >= 0.3 is 6.03 Å². The van der Waals surface area contributed by atoms with Crippen LogP contribution in [0.25, 0.3) is 0 Å².